The molecule has 2 atom stereocenters. The minimum absolute atomic E-state index is 0.0289. The van der Waals surface area contributed by atoms with Gasteiger partial charge in [-0.3, -0.25) is 22.8 Å². The quantitative estimate of drug-likeness (QED) is 0.0764. The first-order valence-electron chi connectivity index (χ1n) is 47.4. The second-order valence-corrected chi connectivity index (χ2v) is 37.3. The Morgan fingerprint density at radius 2 is 0.852 bits per heavy atom. The maximum Gasteiger partial charge on any atom is 0.238 e. The Labute approximate surface area is 867 Å². The van der Waals surface area contributed by atoms with E-state index in [1.807, 2.05) is 131 Å². The average molecular weight is 2050 g/mol. The van der Waals surface area contributed by atoms with Crippen molar-refractivity contribution in [1.29, 1.82) is 0 Å². The van der Waals surface area contributed by atoms with Crippen LogP contribution in [0.15, 0.2) is 216 Å². The van der Waals surface area contributed by atoms with Gasteiger partial charge in [-0.15, -0.1) is 63.8 Å². The standard InChI is InChI=1S/C24H20ClN5O.C24H22N6O2.C22H22N6O2.C21H13ClFN5O.C17H14ClN7O2/c1-16-5-3-6-17(11-16)7-4-8-20-22-13-29-23(14-31-2)27-28-24(29)19-12-18(25)9-10-21(19)30(22)15-26-20;1-15-8-9-19-17(10-15)23-28-27-21(13-31-2)29(23)11-20-22(25-14-30(19)20)24-26-18(12-32-24)16-6-4-3-5-7-16;1-5-14-6-7-17-15(8-14)21-26-25-19(11-29-4)27(21)9-18-20(23-12-28(17)18)22-24-16(10-30-22)13(2)3;1-2-16-18-10-27-20(11-29-19-6-4-3-5-15(19)23)25-26-21(27)14-9-13(22)7-8-17(14)28(18)12-24-16;1-9-20-16(23-27-9)15-13-6-24-14(7-26-2)21-22-17(24)11-5-10(18)3-4-12(11)25(13)8-19-15/h3,5-6,9-12,15H,7,13-14H2,1-2H3;3-10,14,18H,11-13H2,1-2H3;1,6-8,12-13,16H,9-11H2,2-4H3;1,3-9,12H,10-11H2;3-5,8H,6-7H2,1-2H3/t;18-;16-;;/m.11../s1. The molecule has 0 saturated carbocycles. The van der Waals surface area contributed by atoms with Crippen LogP contribution >= 0.6 is 34.8 Å². The fourth-order valence-electron chi connectivity index (χ4n) is 18.8. The molecule has 37 nitrogen and oxygen atoms in total. The summed E-state index contributed by atoms with van der Waals surface area (Å²) < 4.78 is 78.2. The minimum atomic E-state index is -0.437. The predicted molar refractivity (Wildman–Crippen MR) is 550 cm³/mol. The third-order valence-corrected chi connectivity index (χ3v) is 26.8. The van der Waals surface area contributed by atoms with Crippen LogP contribution in [0.5, 0.6) is 5.75 Å². The number of nitrogens with zero attached hydrogens (tertiary/aromatic N) is 29. The molecular formula is C108H91Cl3FN29O8. The van der Waals surface area contributed by atoms with E-state index in [0.29, 0.717) is 152 Å². The number of hydrogen-bond donors (Lipinski definition) is 0. The highest BCUT2D eigenvalue weighted by molar-refractivity contribution is 6.31. The molecule has 19 aromatic rings. The summed E-state index contributed by atoms with van der Waals surface area (Å²) in [5, 5.41) is 49.6. The van der Waals surface area contributed by atoms with E-state index < -0.39 is 5.82 Å². The number of para-hydroxylation sites is 1. The van der Waals surface area contributed by atoms with Crippen LogP contribution in [0, 0.1) is 69.0 Å². The average Bonchev–Trinajstić information content (AvgIpc) is 1.61. The summed E-state index contributed by atoms with van der Waals surface area (Å²) in [6, 6.07) is 54.1. The number of aryl methyl sites for hydroxylation is 3. The van der Waals surface area contributed by atoms with E-state index in [1.165, 1.54) is 17.2 Å². The van der Waals surface area contributed by atoms with Gasteiger partial charge in [-0.1, -0.05) is 150 Å². The van der Waals surface area contributed by atoms with Crippen molar-refractivity contribution in [3.63, 3.8) is 0 Å². The number of aromatic nitrogens is 27. The van der Waals surface area contributed by atoms with Gasteiger partial charge >= 0.3 is 0 Å². The van der Waals surface area contributed by atoms with E-state index in [4.69, 9.17) is 100 Å². The van der Waals surface area contributed by atoms with Crippen LogP contribution in [0.2, 0.25) is 15.1 Å². The lowest BCUT2D eigenvalue weighted by atomic mass is 10.1. The molecule has 41 heteroatoms. The third kappa shape index (κ3) is 18.7. The zero-order chi connectivity index (χ0) is 102. The lowest BCUT2D eigenvalue weighted by Crippen LogP contribution is -2.13. The summed E-state index contributed by atoms with van der Waals surface area (Å²) in [6.07, 6.45) is 20.9. The summed E-state index contributed by atoms with van der Waals surface area (Å²) in [7, 11) is 6.58. The van der Waals surface area contributed by atoms with Gasteiger partial charge < -0.3 is 60.5 Å². The molecule has 7 aliphatic heterocycles. The van der Waals surface area contributed by atoms with Gasteiger partial charge in [0.25, 0.3) is 0 Å². The maximum absolute atomic E-state index is 13.9. The molecule has 18 heterocycles. The molecule has 0 bridgehead atoms. The van der Waals surface area contributed by atoms with Gasteiger partial charge in [0.15, 0.2) is 69.8 Å². The minimum Gasteiger partial charge on any atom is -0.483 e. The Morgan fingerprint density at radius 3 is 1.34 bits per heavy atom. The highest BCUT2D eigenvalue weighted by Crippen LogP contribution is 2.43. The zero-order valence-electron chi connectivity index (χ0n) is 81.9. The second-order valence-electron chi connectivity index (χ2n) is 36.0. The highest BCUT2D eigenvalue weighted by atomic mass is 35.5. The summed E-state index contributed by atoms with van der Waals surface area (Å²) >= 11 is 18.8. The van der Waals surface area contributed by atoms with Gasteiger partial charge in [0.1, 0.15) is 112 Å². The molecule has 0 saturated heterocycles. The fourth-order valence-corrected chi connectivity index (χ4v) is 19.4. The molecule has 7 aliphatic rings. The van der Waals surface area contributed by atoms with E-state index >= 15 is 0 Å². The lowest BCUT2D eigenvalue weighted by Gasteiger charge is -2.10. The van der Waals surface area contributed by atoms with E-state index in [0.717, 1.165) is 159 Å². The third-order valence-electron chi connectivity index (χ3n) is 26.1. The molecule has 0 amide bonds. The molecule has 0 radical (unpaired) electrons. The number of fused-ring (bicyclic) bond motifs is 25. The predicted octanol–water partition coefficient (Wildman–Crippen LogP) is 16.6. The van der Waals surface area contributed by atoms with Crippen LogP contribution in [-0.2, 0) is 101 Å². The van der Waals surface area contributed by atoms with E-state index in [9.17, 15) is 4.39 Å². The molecular weight excluding hydrogens is 1960 g/mol. The second kappa shape index (κ2) is 41.3. The van der Waals surface area contributed by atoms with Crippen molar-refractivity contribution in [1.82, 2.24) is 132 Å². The number of methoxy groups -OCH3 is 4. The molecule has 11 aromatic heterocycles. The SMILES string of the molecule is C#Cc1ccc2c(c1)-c1nnc(COC)n1Cc1c(C3=N[C@@H](C(C)C)CO3)ncn1-2.C#Cc1ncn2c1Cn1c(COc3ccccc3F)nnc1-c1cc(Cl)ccc1-2.COCc1nnc2n1Cc1c(-c3noc(C)n3)ncn1-c1ccc(Cl)cc1-2.COCc1nnc2n1Cc1c(C#CCc3cccc(C)c3)ncn1-c1ccc(Cl)cc1-2.COCc1nnc2n1Cc1c(C3=N[C@@H](c4ccccc4)CO3)ncn1-c1ccc(C)cc1-2. The Bertz CT molecular complexity index is 8610. The first-order valence-corrected chi connectivity index (χ1v) is 48.6. The zero-order valence-corrected chi connectivity index (χ0v) is 84.1. The van der Waals surface area contributed by atoms with Crippen LogP contribution in [-0.4, -0.2) is 191 Å². The van der Waals surface area contributed by atoms with Crippen LogP contribution in [0.3, 0.4) is 0 Å². The van der Waals surface area contributed by atoms with Gasteiger partial charge in [-0.2, -0.15) is 4.98 Å². The van der Waals surface area contributed by atoms with Gasteiger partial charge in [0.2, 0.25) is 23.5 Å². The normalized spacial score (nSPS) is 13.9. The highest BCUT2D eigenvalue weighted by Gasteiger charge is 2.37. The van der Waals surface area contributed by atoms with Crippen molar-refractivity contribution >= 4 is 46.6 Å². The number of imidazole rings is 5. The molecule has 8 aromatic carbocycles. The number of rotatable bonds is 17. The Balaban J connectivity index is 0.000000106. The molecule has 744 valence electrons. The molecule has 0 N–H and O–H groups in total. The topological polar surface area (TPSA) is 371 Å². The summed E-state index contributed by atoms with van der Waals surface area (Å²) in [6.45, 7) is 15.3. The van der Waals surface area contributed by atoms with Crippen molar-refractivity contribution < 1.29 is 42.1 Å². The van der Waals surface area contributed by atoms with Crippen molar-refractivity contribution in [2.45, 2.75) is 119 Å². The lowest BCUT2D eigenvalue weighted by molar-refractivity contribution is 0.174. The summed E-state index contributed by atoms with van der Waals surface area (Å²) in [4.78, 5) is 36.8. The Hall–Kier alpha value is -17.3. The summed E-state index contributed by atoms with van der Waals surface area (Å²) in [5.74, 6) is 21.3. The van der Waals surface area contributed by atoms with Crippen LogP contribution in [0.1, 0.15) is 134 Å². The smallest absolute Gasteiger partial charge is 0.238 e. The number of terminal acetylenes is 2. The Morgan fingerprint density at radius 1 is 0.423 bits per heavy atom. The number of halogens is 4. The molecule has 0 unspecified atom stereocenters. The fraction of sp³-hybridized carbons (Fsp3) is 0.231. The van der Waals surface area contributed by atoms with Crippen molar-refractivity contribution in [3.05, 3.63) is 336 Å². The molecule has 149 heavy (non-hydrogen) atoms. The number of hydrogen-bond acceptors (Lipinski definition) is 27. The van der Waals surface area contributed by atoms with E-state index in [-0.39, 0.29) is 24.4 Å². The van der Waals surface area contributed by atoms with Crippen LogP contribution < -0.4 is 4.74 Å². The molecule has 0 fully saturated rings. The molecule has 0 aliphatic carbocycles. The van der Waals surface area contributed by atoms with E-state index in [1.54, 1.807) is 72.3 Å². The van der Waals surface area contributed by atoms with Gasteiger partial charge in [-0.25, -0.2) is 39.3 Å². The van der Waals surface area contributed by atoms with Crippen molar-refractivity contribution in [2.75, 3.05) is 41.7 Å². The largest absolute Gasteiger partial charge is 0.483 e. The number of ether oxygens (including phenoxy) is 7. The van der Waals surface area contributed by atoms with E-state index in [2.05, 4.69) is 205 Å². The first-order chi connectivity index (χ1) is 72.8. The van der Waals surface area contributed by atoms with Crippen LogP contribution in [0.4, 0.5) is 4.39 Å². The van der Waals surface area contributed by atoms with Crippen molar-refractivity contribution in [2.24, 2.45) is 15.9 Å². The number of aliphatic imine (C=N–C) groups is 2. The first kappa shape index (κ1) is 96.5. The monoisotopic (exact) mass is 2050 g/mol. The Kier molecular flexibility index (Phi) is 26.8. The molecule has 0 spiro atoms. The van der Waals surface area contributed by atoms with Gasteiger partial charge in [0, 0.05) is 90.2 Å². The number of benzene rings is 8. The van der Waals surface area contributed by atoms with Crippen molar-refractivity contribution in [3.8, 4) is 139 Å². The molecule has 26 rings (SSSR count). The van der Waals surface area contributed by atoms with Crippen LogP contribution in [0.25, 0.3) is 96.9 Å². The van der Waals surface area contributed by atoms with Gasteiger partial charge in [0.05, 0.1) is 95.7 Å². The maximum atomic E-state index is 13.9. The summed E-state index contributed by atoms with van der Waals surface area (Å²) in [5.41, 5.74) is 22.7. The van der Waals surface area contributed by atoms with Gasteiger partial charge in [-0.05, 0) is 140 Å².